The van der Waals surface area contributed by atoms with E-state index >= 15 is 0 Å². The zero-order valence-electron chi connectivity index (χ0n) is 11.5. The summed E-state index contributed by atoms with van der Waals surface area (Å²) in [5.41, 5.74) is 2.12. The Bertz CT molecular complexity index is 576. The molecule has 0 aliphatic carbocycles. The van der Waals surface area contributed by atoms with E-state index < -0.39 is 0 Å². The van der Waals surface area contributed by atoms with Crippen LogP contribution in [0.2, 0.25) is 0 Å². The Balaban J connectivity index is 2.21. The van der Waals surface area contributed by atoms with Gasteiger partial charge in [-0.3, -0.25) is 4.79 Å². The molecule has 0 aromatic heterocycles. The second-order valence-electron chi connectivity index (χ2n) is 4.31. The van der Waals surface area contributed by atoms with Gasteiger partial charge in [-0.1, -0.05) is 65.8 Å². The molecule has 0 unspecified atom stereocenters. The maximum atomic E-state index is 12.4. The zero-order chi connectivity index (χ0) is 14.2. The van der Waals surface area contributed by atoms with Crippen LogP contribution in [-0.2, 0) is 16.1 Å². The summed E-state index contributed by atoms with van der Waals surface area (Å²) in [6, 6.07) is 19.0. The zero-order valence-corrected chi connectivity index (χ0v) is 11.5. The van der Waals surface area contributed by atoms with Gasteiger partial charge in [-0.2, -0.15) is 0 Å². The number of Topliss-reactive ketones (excluding diaryl/α,β-unsaturated/α-hetero) is 1. The molecule has 0 bridgehead atoms. The smallest absolute Gasteiger partial charge is 0.189 e. The Morgan fingerprint density at radius 3 is 2.20 bits per heavy atom. The first-order chi connectivity index (χ1) is 9.81. The number of ketones is 1. The molecule has 0 amide bonds. The lowest BCUT2D eigenvalue weighted by Gasteiger charge is -2.06. The molecule has 0 saturated carbocycles. The summed E-state index contributed by atoms with van der Waals surface area (Å²) in [6.07, 6.45) is 0.321. The molecule has 0 N–H and O–H groups in total. The van der Waals surface area contributed by atoms with Gasteiger partial charge in [-0.05, 0) is 12.5 Å². The molecule has 2 aromatic rings. The van der Waals surface area contributed by atoms with Crippen LogP contribution in [0.15, 0.2) is 65.8 Å². The van der Waals surface area contributed by atoms with Gasteiger partial charge in [0.1, 0.15) is 6.61 Å². The van der Waals surface area contributed by atoms with E-state index in [4.69, 9.17) is 4.84 Å². The first kappa shape index (κ1) is 14.0. The molecule has 0 saturated heterocycles. The number of nitrogens with zero attached hydrogens (tertiary/aromatic N) is 1. The van der Waals surface area contributed by atoms with Gasteiger partial charge in [-0.15, -0.1) is 0 Å². The molecule has 3 nitrogen and oxygen atoms in total. The minimum atomic E-state index is -0.0455. The topological polar surface area (TPSA) is 38.7 Å². The number of rotatable bonds is 6. The molecule has 102 valence electrons. The van der Waals surface area contributed by atoms with Crippen LogP contribution in [0.3, 0.4) is 0 Å². The summed E-state index contributed by atoms with van der Waals surface area (Å²) in [4.78, 5) is 17.5. The minimum Gasteiger partial charge on any atom is -0.396 e. The third-order valence-electron chi connectivity index (χ3n) is 2.80. The van der Waals surface area contributed by atoms with Crippen LogP contribution < -0.4 is 0 Å². The van der Waals surface area contributed by atoms with Gasteiger partial charge in [0, 0.05) is 12.0 Å². The number of oxime groups is 1. The Kier molecular flexibility index (Phi) is 5.07. The highest BCUT2D eigenvalue weighted by molar-refractivity contribution is 6.46. The predicted octanol–water partition coefficient (Wildman–Crippen LogP) is 3.24. The molecule has 0 heterocycles. The number of carbonyl (C=O) groups excluding carboxylic acids is 1. The first-order valence-electron chi connectivity index (χ1n) is 6.63. The van der Waals surface area contributed by atoms with E-state index in [-0.39, 0.29) is 5.78 Å². The average Bonchev–Trinajstić information content (AvgIpc) is 2.50. The Hall–Kier alpha value is -2.42. The molecule has 0 fully saturated rings. The van der Waals surface area contributed by atoms with Crippen LogP contribution in [0.5, 0.6) is 0 Å². The Labute approximate surface area is 118 Å². The van der Waals surface area contributed by atoms with Gasteiger partial charge in [0.2, 0.25) is 0 Å². The van der Waals surface area contributed by atoms with Crippen LogP contribution in [-0.4, -0.2) is 18.1 Å². The van der Waals surface area contributed by atoms with Gasteiger partial charge in [0.15, 0.2) is 11.5 Å². The summed E-state index contributed by atoms with van der Waals surface area (Å²) < 4.78 is 0. The summed E-state index contributed by atoms with van der Waals surface area (Å²) in [5.74, 6) is -0.0455. The van der Waals surface area contributed by atoms with Crippen LogP contribution in [0.1, 0.15) is 18.1 Å². The lowest BCUT2D eigenvalue weighted by atomic mass is 10.0. The summed E-state index contributed by atoms with van der Waals surface area (Å²) in [7, 11) is 0. The van der Waals surface area contributed by atoms with Crippen LogP contribution >= 0.6 is 0 Å². The Morgan fingerprint density at radius 1 is 1.00 bits per heavy atom. The summed E-state index contributed by atoms with van der Waals surface area (Å²) in [5, 5.41) is 3.98. The van der Waals surface area contributed by atoms with Crippen molar-refractivity contribution in [3.8, 4) is 0 Å². The molecule has 0 spiro atoms. The first-order valence-corrected chi connectivity index (χ1v) is 6.63. The van der Waals surface area contributed by atoms with Crippen molar-refractivity contribution >= 4 is 11.5 Å². The highest BCUT2D eigenvalue weighted by Gasteiger charge is 2.15. The van der Waals surface area contributed by atoms with Crippen molar-refractivity contribution in [2.45, 2.75) is 13.3 Å². The largest absolute Gasteiger partial charge is 0.396 e. The normalized spacial score (nSPS) is 11.2. The number of hydrogen-bond acceptors (Lipinski definition) is 3. The molecule has 0 aliphatic rings. The second kappa shape index (κ2) is 7.24. The lowest BCUT2D eigenvalue weighted by molar-refractivity contribution is -0.112. The summed E-state index contributed by atoms with van der Waals surface area (Å²) in [6.45, 7) is 2.28. The fourth-order valence-electron chi connectivity index (χ4n) is 1.85. The maximum Gasteiger partial charge on any atom is 0.189 e. The highest BCUT2D eigenvalue weighted by Crippen LogP contribution is 2.07. The van der Waals surface area contributed by atoms with Crippen molar-refractivity contribution in [1.29, 1.82) is 0 Å². The van der Waals surface area contributed by atoms with Crippen LogP contribution in [0, 0.1) is 0 Å². The monoisotopic (exact) mass is 267 g/mol. The van der Waals surface area contributed by atoms with Crippen molar-refractivity contribution in [2.75, 3.05) is 6.61 Å². The van der Waals surface area contributed by atoms with E-state index in [1.807, 2.05) is 67.6 Å². The standard InChI is InChI=1S/C17H17NO2/c1-2-20-18-17(15-11-7-4-8-12-15)16(19)13-14-9-5-3-6-10-14/h3-12H,2,13H2,1H3/b18-17+. The quantitative estimate of drug-likeness (QED) is 0.595. The molecule has 0 atom stereocenters. The number of carbonyl (C=O) groups is 1. The fraction of sp³-hybridized carbons (Fsp3) is 0.176. The fourth-order valence-corrected chi connectivity index (χ4v) is 1.85. The Morgan fingerprint density at radius 2 is 1.60 bits per heavy atom. The van der Waals surface area contributed by atoms with Crippen molar-refractivity contribution in [1.82, 2.24) is 0 Å². The molecular formula is C17H17NO2. The van der Waals surface area contributed by atoms with Crippen LogP contribution in [0.25, 0.3) is 0 Å². The lowest BCUT2D eigenvalue weighted by Crippen LogP contribution is -2.18. The molecule has 0 aliphatic heterocycles. The van der Waals surface area contributed by atoms with Gasteiger partial charge in [0.05, 0.1) is 0 Å². The van der Waals surface area contributed by atoms with E-state index in [9.17, 15) is 4.79 Å². The average molecular weight is 267 g/mol. The van der Waals surface area contributed by atoms with Crippen molar-refractivity contribution in [2.24, 2.45) is 5.16 Å². The third-order valence-corrected chi connectivity index (χ3v) is 2.80. The van der Waals surface area contributed by atoms with E-state index in [0.717, 1.165) is 11.1 Å². The van der Waals surface area contributed by atoms with E-state index in [1.165, 1.54) is 0 Å². The van der Waals surface area contributed by atoms with Crippen molar-refractivity contribution in [3.05, 3.63) is 71.8 Å². The molecule has 2 rings (SSSR count). The number of hydrogen-bond donors (Lipinski definition) is 0. The van der Waals surface area contributed by atoms with E-state index in [2.05, 4.69) is 5.16 Å². The second-order valence-corrected chi connectivity index (χ2v) is 4.31. The predicted molar refractivity (Wildman–Crippen MR) is 79.8 cm³/mol. The SMILES string of the molecule is CCO/N=C(/C(=O)Cc1ccccc1)c1ccccc1. The minimum absolute atomic E-state index is 0.0455. The van der Waals surface area contributed by atoms with Crippen LogP contribution in [0.4, 0.5) is 0 Å². The van der Waals surface area contributed by atoms with Crippen molar-refractivity contribution in [3.63, 3.8) is 0 Å². The van der Waals surface area contributed by atoms with E-state index in [1.54, 1.807) is 0 Å². The van der Waals surface area contributed by atoms with Gasteiger partial charge < -0.3 is 4.84 Å². The number of benzene rings is 2. The molecule has 3 heteroatoms. The van der Waals surface area contributed by atoms with Crippen molar-refractivity contribution < 1.29 is 9.63 Å². The molecular weight excluding hydrogens is 250 g/mol. The van der Waals surface area contributed by atoms with Gasteiger partial charge >= 0.3 is 0 Å². The maximum absolute atomic E-state index is 12.4. The van der Waals surface area contributed by atoms with Gasteiger partial charge in [-0.25, -0.2) is 0 Å². The third kappa shape index (κ3) is 3.79. The van der Waals surface area contributed by atoms with Gasteiger partial charge in [0.25, 0.3) is 0 Å². The summed E-state index contributed by atoms with van der Waals surface area (Å²) >= 11 is 0. The molecule has 2 aromatic carbocycles. The molecule has 0 radical (unpaired) electrons. The highest BCUT2D eigenvalue weighted by atomic mass is 16.6. The molecule has 20 heavy (non-hydrogen) atoms. The van der Waals surface area contributed by atoms with E-state index in [0.29, 0.717) is 18.7 Å².